The summed E-state index contributed by atoms with van der Waals surface area (Å²) < 4.78 is 12.5. The van der Waals surface area contributed by atoms with Gasteiger partial charge in [0.1, 0.15) is 0 Å². The number of carbonyl (C=O) groups is 1. The van der Waals surface area contributed by atoms with E-state index in [9.17, 15) is 4.79 Å². The number of methoxy groups -OCH3 is 2. The molecule has 0 saturated carbocycles. The van der Waals surface area contributed by atoms with Gasteiger partial charge in [-0.05, 0) is 49.9 Å². The van der Waals surface area contributed by atoms with E-state index >= 15 is 0 Å². The topological polar surface area (TPSA) is 91.2 Å². The van der Waals surface area contributed by atoms with Crippen molar-refractivity contribution in [2.24, 2.45) is 0 Å². The Morgan fingerprint density at radius 3 is 2.37 bits per heavy atom. The predicted octanol–water partition coefficient (Wildman–Crippen LogP) is 3.25. The summed E-state index contributed by atoms with van der Waals surface area (Å²) in [5.74, 6) is 2.40. The van der Waals surface area contributed by atoms with Crippen molar-refractivity contribution in [2.75, 3.05) is 26.6 Å². The molecule has 0 aliphatic heterocycles. The lowest BCUT2D eigenvalue weighted by atomic mass is 9.82. The highest BCUT2D eigenvalue weighted by Gasteiger charge is 2.34. The molecule has 1 aliphatic carbocycles. The zero-order chi connectivity index (χ0) is 21.4. The van der Waals surface area contributed by atoms with Crippen molar-refractivity contribution < 1.29 is 14.3 Å². The molecule has 1 aromatic carbocycles. The number of hydrogen-bond acceptors (Lipinski definition) is 7. The van der Waals surface area contributed by atoms with E-state index in [-0.39, 0.29) is 11.7 Å². The number of aromatic nitrogens is 4. The molecule has 1 aliphatic rings. The lowest BCUT2D eigenvalue weighted by molar-refractivity contribution is 0.0964. The highest BCUT2D eigenvalue weighted by atomic mass is 16.5. The minimum Gasteiger partial charge on any atom is -0.493 e. The van der Waals surface area contributed by atoms with Crippen molar-refractivity contribution in [3.8, 4) is 17.4 Å². The largest absolute Gasteiger partial charge is 0.493 e. The number of nitrogens with zero attached hydrogens (tertiary/aromatic N) is 4. The van der Waals surface area contributed by atoms with E-state index in [1.807, 2.05) is 38.1 Å². The Bertz CT molecular complexity index is 1100. The molecule has 3 aromatic rings. The second kappa shape index (κ2) is 7.78. The Labute approximate surface area is 175 Å². The number of nitrogens with one attached hydrogen (secondary N) is 1. The Hall–Kier alpha value is -3.42. The van der Waals surface area contributed by atoms with Crippen LogP contribution in [0.4, 0.5) is 5.82 Å². The van der Waals surface area contributed by atoms with Crippen LogP contribution in [0, 0.1) is 13.8 Å². The number of ether oxygens (including phenoxy) is 2. The summed E-state index contributed by atoms with van der Waals surface area (Å²) in [5.41, 5.74) is 4.17. The van der Waals surface area contributed by atoms with E-state index in [2.05, 4.69) is 20.4 Å². The molecule has 1 N–H and O–H groups in total. The third-order valence-electron chi connectivity index (χ3n) is 5.41. The van der Waals surface area contributed by atoms with Crippen LogP contribution in [0.25, 0.3) is 5.95 Å². The van der Waals surface area contributed by atoms with Gasteiger partial charge in [-0.15, -0.1) is 5.10 Å². The quantitative estimate of drug-likeness (QED) is 0.694. The van der Waals surface area contributed by atoms with Gasteiger partial charge in [0.25, 0.3) is 5.95 Å². The number of fused-ring (bicyclic) bond motifs is 1. The third kappa shape index (κ3) is 3.38. The maximum Gasteiger partial charge on any atom is 0.251 e. The molecule has 0 bridgehead atoms. The number of anilines is 1. The van der Waals surface area contributed by atoms with E-state index in [0.717, 1.165) is 22.6 Å². The van der Waals surface area contributed by atoms with Crippen LogP contribution in [0.3, 0.4) is 0 Å². The van der Waals surface area contributed by atoms with Gasteiger partial charge in [0.05, 0.1) is 25.5 Å². The first kappa shape index (κ1) is 19.9. The molecule has 0 radical (unpaired) electrons. The maximum atomic E-state index is 13.1. The number of benzene rings is 1. The predicted molar refractivity (Wildman–Crippen MR) is 113 cm³/mol. The van der Waals surface area contributed by atoms with Crippen LogP contribution in [0.5, 0.6) is 11.5 Å². The minimum atomic E-state index is -0.00383. The van der Waals surface area contributed by atoms with Crippen molar-refractivity contribution in [2.45, 2.75) is 32.6 Å². The Morgan fingerprint density at radius 1 is 1.03 bits per heavy atom. The Morgan fingerprint density at radius 2 is 1.73 bits per heavy atom. The third-order valence-corrected chi connectivity index (χ3v) is 5.41. The molecule has 0 spiro atoms. The highest BCUT2D eigenvalue weighted by Crippen LogP contribution is 2.39. The fourth-order valence-electron chi connectivity index (χ4n) is 4.05. The molecule has 0 unspecified atom stereocenters. The van der Waals surface area contributed by atoms with E-state index < -0.39 is 0 Å². The Balaban J connectivity index is 1.80. The Kier molecular flexibility index (Phi) is 5.15. The molecular formula is C22H25N5O3. The van der Waals surface area contributed by atoms with Crippen LogP contribution in [-0.4, -0.2) is 46.8 Å². The normalized spacial score (nSPS) is 15.6. The van der Waals surface area contributed by atoms with Crippen LogP contribution >= 0.6 is 0 Å². The van der Waals surface area contributed by atoms with Gasteiger partial charge in [0.15, 0.2) is 23.1 Å². The molecule has 156 valence electrons. The second-order valence-electron chi connectivity index (χ2n) is 7.43. The van der Waals surface area contributed by atoms with Gasteiger partial charge >= 0.3 is 0 Å². The monoisotopic (exact) mass is 407 g/mol. The number of carbonyl (C=O) groups excluding carboxylic acids is 1. The van der Waals surface area contributed by atoms with Gasteiger partial charge < -0.3 is 14.8 Å². The molecule has 4 rings (SSSR count). The molecule has 8 nitrogen and oxygen atoms in total. The number of ketones is 1. The summed E-state index contributed by atoms with van der Waals surface area (Å²) >= 11 is 0. The van der Waals surface area contributed by atoms with Crippen molar-refractivity contribution in [3.63, 3.8) is 0 Å². The summed E-state index contributed by atoms with van der Waals surface area (Å²) in [6.45, 7) is 3.84. The lowest BCUT2D eigenvalue weighted by Gasteiger charge is -2.23. The van der Waals surface area contributed by atoms with Crippen LogP contribution < -0.4 is 14.8 Å². The number of aryl methyl sites for hydroxylation is 2. The fraction of sp³-hybridized carbons (Fsp3) is 0.364. The second-order valence-corrected chi connectivity index (χ2v) is 7.43. The summed E-state index contributed by atoms with van der Waals surface area (Å²) in [5, 5.41) is 7.67. The molecule has 30 heavy (non-hydrogen) atoms. The van der Waals surface area contributed by atoms with Gasteiger partial charge in [-0.3, -0.25) is 4.79 Å². The molecule has 0 saturated heterocycles. The molecule has 2 heterocycles. The van der Waals surface area contributed by atoms with Gasteiger partial charge in [0.2, 0.25) is 0 Å². The zero-order valence-electron chi connectivity index (χ0n) is 17.8. The summed E-state index contributed by atoms with van der Waals surface area (Å²) in [6.07, 6.45) is 1.04. The molecular weight excluding hydrogens is 382 g/mol. The van der Waals surface area contributed by atoms with E-state index in [0.29, 0.717) is 41.7 Å². The SMILES string of the molecule is CNc1nn(-c2nc(C)cc(C)n2)c2c1C(=O)C[C@H](c1ccc(OC)c(OC)c1)C2. The highest BCUT2D eigenvalue weighted by molar-refractivity contribution is 6.03. The van der Waals surface area contributed by atoms with Crippen LogP contribution in [-0.2, 0) is 6.42 Å². The van der Waals surface area contributed by atoms with Gasteiger partial charge in [-0.25, -0.2) is 14.6 Å². The van der Waals surface area contributed by atoms with Gasteiger partial charge in [-0.2, -0.15) is 0 Å². The molecule has 2 aromatic heterocycles. The maximum absolute atomic E-state index is 13.1. The van der Waals surface area contributed by atoms with Crippen molar-refractivity contribution >= 4 is 11.6 Å². The molecule has 1 atom stereocenters. The van der Waals surface area contributed by atoms with E-state index in [4.69, 9.17) is 9.47 Å². The number of Topliss-reactive ketones (excluding diaryl/α,β-unsaturated/α-hetero) is 1. The summed E-state index contributed by atoms with van der Waals surface area (Å²) in [4.78, 5) is 22.2. The average Bonchev–Trinajstić information content (AvgIpc) is 3.12. The van der Waals surface area contributed by atoms with Crippen LogP contribution in [0.1, 0.15) is 45.3 Å². The van der Waals surface area contributed by atoms with E-state index in [1.165, 1.54) is 0 Å². The van der Waals surface area contributed by atoms with Gasteiger partial charge in [-0.1, -0.05) is 6.07 Å². The number of hydrogen-bond donors (Lipinski definition) is 1. The molecule has 8 heteroatoms. The van der Waals surface area contributed by atoms with E-state index in [1.54, 1.807) is 25.9 Å². The summed E-state index contributed by atoms with van der Waals surface area (Å²) in [7, 11) is 4.98. The average molecular weight is 407 g/mol. The lowest BCUT2D eigenvalue weighted by Crippen LogP contribution is -2.21. The molecule has 0 amide bonds. The first-order valence-corrected chi connectivity index (χ1v) is 9.82. The smallest absolute Gasteiger partial charge is 0.251 e. The van der Waals surface area contributed by atoms with Crippen LogP contribution in [0.15, 0.2) is 24.3 Å². The number of rotatable bonds is 5. The minimum absolute atomic E-state index is 0.00383. The van der Waals surface area contributed by atoms with Gasteiger partial charge in [0, 0.05) is 24.9 Å². The van der Waals surface area contributed by atoms with Crippen molar-refractivity contribution in [1.82, 2.24) is 19.7 Å². The van der Waals surface area contributed by atoms with Crippen molar-refractivity contribution in [1.29, 1.82) is 0 Å². The first-order valence-electron chi connectivity index (χ1n) is 9.82. The zero-order valence-corrected chi connectivity index (χ0v) is 17.8. The summed E-state index contributed by atoms with van der Waals surface area (Å²) in [6, 6.07) is 7.71. The molecule has 0 fully saturated rings. The first-order chi connectivity index (χ1) is 14.4. The van der Waals surface area contributed by atoms with Crippen molar-refractivity contribution in [3.05, 3.63) is 52.5 Å². The standard InChI is InChI=1S/C22H25N5O3/c1-12-8-13(2)25-22(24-12)27-16-9-15(10-17(28)20(16)21(23-3)26-27)14-6-7-18(29-4)19(11-14)30-5/h6-8,11,15H,9-10H2,1-5H3,(H,23,26)/t15-/m1/s1. The fourth-order valence-corrected chi connectivity index (χ4v) is 4.05. The van der Waals surface area contributed by atoms with Crippen LogP contribution in [0.2, 0.25) is 0 Å².